The maximum absolute atomic E-state index is 13.3. The van der Waals surface area contributed by atoms with Crippen LogP contribution in [0.2, 0.25) is 0 Å². The molecule has 0 aliphatic carbocycles. The predicted octanol–water partition coefficient (Wildman–Crippen LogP) is 6.82. The number of benzene rings is 3. The van der Waals surface area contributed by atoms with Crippen molar-refractivity contribution in [1.29, 1.82) is 5.26 Å². The van der Waals surface area contributed by atoms with Crippen LogP contribution in [0.25, 0.3) is 22.4 Å². The molecule has 1 atom stereocenters. The van der Waals surface area contributed by atoms with Crippen LogP contribution in [0.15, 0.2) is 99.4 Å². The smallest absolute Gasteiger partial charge is 0.263 e. The first kappa shape index (κ1) is 31.3. The van der Waals surface area contributed by atoms with Crippen LogP contribution >= 0.6 is 11.8 Å². The second kappa shape index (κ2) is 13.3. The van der Waals surface area contributed by atoms with E-state index in [4.69, 9.17) is 14.2 Å². The number of nitrogens with one attached hydrogen (secondary N) is 2. The molecule has 0 bridgehead atoms. The fourth-order valence-corrected chi connectivity index (χ4v) is 6.29. The number of aryl methyl sites for hydroxylation is 2. The molecule has 0 saturated heterocycles. The molecule has 3 aromatic carbocycles. The average molecular weight is 640 g/mol. The van der Waals surface area contributed by atoms with Gasteiger partial charge in [-0.25, -0.2) is 13.4 Å². The van der Waals surface area contributed by atoms with Gasteiger partial charge in [0.25, 0.3) is 10.0 Å². The minimum absolute atomic E-state index is 0.00887. The van der Waals surface area contributed by atoms with E-state index in [9.17, 15) is 18.5 Å². The molecule has 0 saturated carbocycles. The zero-order chi connectivity index (χ0) is 32.1. The number of carbonyl (C=O) groups excluding carboxylic acids is 1. The van der Waals surface area contributed by atoms with E-state index >= 15 is 0 Å². The van der Waals surface area contributed by atoms with Crippen molar-refractivity contribution < 1.29 is 22.5 Å². The third-order valence-corrected chi connectivity index (χ3v) is 9.26. The molecule has 45 heavy (non-hydrogen) atoms. The van der Waals surface area contributed by atoms with Gasteiger partial charge in [0, 0.05) is 22.9 Å². The van der Waals surface area contributed by atoms with Crippen molar-refractivity contribution in [1.82, 2.24) is 10.1 Å². The van der Waals surface area contributed by atoms with Crippen molar-refractivity contribution in [2.75, 3.05) is 17.1 Å². The average Bonchev–Trinajstić information content (AvgIpc) is 3.44. The molecule has 2 heterocycles. The van der Waals surface area contributed by atoms with E-state index in [1.54, 1.807) is 21.0 Å². The molecular formula is C33H29N5O5S2. The van der Waals surface area contributed by atoms with Crippen LogP contribution in [0.1, 0.15) is 23.8 Å². The minimum atomic E-state index is -3.91. The van der Waals surface area contributed by atoms with E-state index in [1.165, 1.54) is 42.1 Å². The third kappa shape index (κ3) is 7.34. The summed E-state index contributed by atoms with van der Waals surface area (Å²) >= 11 is 1.17. The van der Waals surface area contributed by atoms with Gasteiger partial charge in [-0.05, 0) is 80.9 Å². The number of rotatable bonds is 10. The number of amides is 1. The zero-order valence-electron chi connectivity index (χ0n) is 24.9. The first-order valence-electron chi connectivity index (χ1n) is 13.8. The van der Waals surface area contributed by atoms with Crippen molar-refractivity contribution in [3.8, 4) is 34.2 Å². The molecule has 1 amide bonds. The van der Waals surface area contributed by atoms with Gasteiger partial charge in [0.15, 0.2) is 5.82 Å². The van der Waals surface area contributed by atoms with Gasteiger partial charge in [0.2, 0.25) is 5.91 Å². The molecule has 2 N–H and O–H groups in total. The molecule has 0 aliphatic rings. The molecular weight excluding hydrogens is 611 g/mol. The summed E-state index contributed by atoms with van der Waals surface area (Å²) in [4.78, 5) is 18.1. The van der Waals surface area contributed by atoms with Crippen molar-refractivity contribution in [3.63, 3.8) is 0 Å². The van der Waals surface area contributed by atoms with Crippen molar-refractivity contribution in [2.45, 2.75) is 35.9 Å². The summed E-state index contributed by atoms with van der Waals surface area (Å²) in [6.45, 7) is 5.37. The third-order valence-electron chi connectivity index (χ3n) is 6.80. The van der Waals surface area contributed by atoms with E-state index in [2.05, 4.69) is 21.3 Å². The molecule has 12 heteroatoms. The molecule has 5 aromatic rings. The number of carbonyl (C=O) groups is 1. The van der Waals surface area contributed by atoms with Crippen LogP contribution < -0.4 is 14.8 Å². The quantitative estimate of drug-likeness (QED) is 0.157. The second-order valence-corrected chi connectivity index (χ2v) is 13.2. The van der Waals surface area contributed by atoms with Crippen molar-refractivity contribution in [3.05, 3.63) is 102 Å². The predicted molar refractivity (Wildman–Crippen MR) is 174 cm³/mol. The van der Waals surface area contributed by atoms with Crippen molar-refractivity contribution in [2.24, 2.45) is 0 Å². The second-order valence-electron chi connectivity index (χ2n) is 10.1. The molecule has 0 radical (unpaired) electrons. The molecule has 228 valence electrons. The Labute approximate surface area is 265 Å². The number of anilines is 2. The largest absolute Gasteiger partial charge is 0.497 e. The number of sulfonamides is 1. The topological polar surface area (TPSA) is 147 Å². The first-order valence-corrected chi connectivity index (χ1v) is 16.1. The Morgan fingerprint density at radius 1 is 0.978 bits per heavy atom. The maximum atomic E-state index is 13.3. The summed E-state index contributed by atoms with van der Waals surface area (Å²) in [6, 6.07) is 26.7. The lowest BCUT2D eigenvalue weighted by Crippen LogP contribution is -2.22. The van der Waals surface area contributed by atoms with Crippen LogP contribution in [-0.2, 0) is 14.8 Å². The highest BCUT2D eigenvalue weighted by atomic mass is 32.2. The van der Waals surface area contributed by atoms with Crippen LogP contribution in [0.4, 0.5) is 11.5 Å². The molecule has 2 aromatic heterocycles. The highest BCUT2D eigenvalue weighted by Crippen LogP contribution is 2.36. The van der Waals surface area contributed by atoms with E-state index < -0.39 is 15.3 Å². The van der Waals surface area contributed by atoms with E-state index in [0.29, 0.717) is 39.0 Å². The van der Waals surface area contributed by atoms with Crippen LogP contribution in [0.5, 0.6) is 5.75 Å². The summed E-state index contributed by atoms with van der Waals surface area (Å²) in [5.74, 6) is 0.901. The Hall–Kier alpha value is -5.12. The fourth-order valence-electron chi connectivity index (χ4n) is 4.38. The summed E-state index contributed by atoms with van der Waals surface area (Å²) in [6.07, 6.45) is 0. The molecule has 0 spiro atoms. The Morgan fingerprint density at radius 2 is 1.64 bits per heavy atom. The standard InChI is InChI=1S/C33H29N5O5S2/c1-20-5-7-23(8-6-20)28-18-30(24-9-13-26(42-4)14-10-24)36-33(29(28)19-34)44-22(3)32(39)35-25-11-15-27(16-12-25)45(40,41)38-31-17-21(2)43-37-31/h5-18,22H,1-4H3,(H,35,39)(H,37,38). The molecule has 10 nitrogen and oxygen atoms in total. The van der Waals surface area contributed by atoms with Crippen LogP contribution in [0, 0.1) is 25.2 Å². The lowest BCUT2D eigenvalue weighted by molar-refractivity contribution is -0.115. The first-order chi connectivity index (χ1) is 21.6. The Morgan fingerprint density at radius 3 is 2.24 bits per heavy atom. The number of hydrogen-bond donors (Lipinski definition) is 2. The number of aromatic nitrogens is 2. The van der Waals surface area contributed by atoms with Gasteiger partial charge in [-0.1, -0.05) is 46.7 Å². The molecule has 5 rings (SSSR count). The number of ether oxygens (including phenoxy) is 1. The van der Waals surface area contributed by atoms with Crippen LogP contribution in [0.3, 0.4) is 0 Å². The zero-order valence-corrected chi connectivity index (χ0v) is 26.5. The monoisotopic (exact) mass is 639 g/mol. The highest BCUT2D eigenvalue weighted by Gasteiger charge is 2.22. The van der Waals surface area contributed by atoms with Gasteiger partial charge in [0.1, 0.15) is 22.6 Å². The lowest BCUT2D eigenvalue weighted by atomic mass is 9.98. The number of pyridine rings is 1. The molecule has 1 unspecified atom stereocenters. The van der Waals surface area contributed by atoms with E-state index in [-0.39, 0.29) is 16.6 Å². The highest BCUT2D eigenvalue weighted by molar-refractivity contribution is 8.00. The number of nitrogens with zero attached hydrogens (tertiary/aromatic N) is 3. The minimum Gasteiger partial charge on any atom is -0.497 e. The molecule has 0 aliphatic heterocycles. The summed E-state index contributed by atoms with van der Waals surface area (Å²) < 4.78 is 38.0. The Kier molecular flexibility index (Phi) is 9.22. The van der Waals surface area contributed by atoms with Gasteiger partial charge in [-0.3, -0.25) is 9.52 Å². The number of thioether (sulfide) groups is 1. The SMILES string of the molecule is COc1ccc(-c2cc(-c3ccc(C)cc3)c(C#N)c(SC(C)C(=O)Nc3ccc(S(=O)(=O)Nc4cc(C)on4)cc3)n2)cc1. The number of hydrogen-bond acceptors (Lipinski definition) is 9. The summed E-state index contributed by atoms with van der Waals surface area (Å²) in [5.41, 5.74) is 4.91. The van der Waals surface area contributed by atoms with Gasteiger partial charge >= 0.3 is 0 Å². The molecule has 0 fully saturated rings. The Balaban J connectivity index is 1.38. The maximum Gasteiger partial charge on any atom is 0.263 e. The van der Waals surface area contributed by atoms with Crippen molar-refractivity contribution >= 4 is 39.2 Å². The van der Waals surface area contributed by atoms with Gasteiger partial charge in [0.05, 0.1) is 28.5 Å². The summed E-state index contributed by atoms with van der Waals surface area (Å²) in [7, 11) is -2.31. The normalized spacial score (nSPS) is 11.8. The summed E-state index contributed by atoms with van der Waals surface area (Å²) in [5, 5.41) is 16.5. The van der Waals surface area contributed by atoms with E-state index in [1.807, 2.05) is 61.5 Å². The van der Waals surface area contributed by atoms with Gasteiger partial charge in [-0.15, -0.1) is 0 Å². The lowest BCUT2D eigenvalue weighted by Gasteiger charge is -2.16. The number of methoxy groups -OCH3 is 1. The van der Waals surface area contributed by atoms with Crippen LogP contribution in [-0.4, -0.2) is 36.8 Å². The Bertz CT molecular complexity index is 1980. The fraction of sp³-hybridized carbons (Fsp3) is 0.152. The van der Waals surface area contributed by atoms with Gasteiger partial charge < -0.3 is 14.6 Å². The van der Waals surface area contributed by atoms with Gasteiger partial charge in [-0.2, -0.15) is 5.26 Å². The number of nitriles is 1. The van der Waals surface area contributed by atoms with E-state index in [0.717, 1.165) is 16.7 Å².